The number of pyridine rings is 1. The van der Waals surface area contributed by atoms with Gasteiger partial charge in [-0.3, -0.25) is 0 Å². The van der Waals surface area contributed by atoms with E-state index in [0.717, 1.165) is 49.0 Å². The van der Waals surface area contributed by atoms with Crippen LogP contribution in [0.3, 0.4) is 0 Å². The molecule has 3 rings (SSSR count). The fourth-order valence-electron chi connectivity index (χ4n) is 2.92. The van der Waals surface area contributed by atoms with Gasteiger partial charge < -0.3 is 16.4 Å². The second kappa shape index (κ2) is 5.81. The third kappa shape index (κ3) is 3.05. The van der Waals surface area contributed by atoms with E-state index in [4.69, 9.17) is 5.73 Å². The van der Waals surface area contributed by atoms with Crippen LogP contribution >= 0.6 is 0 Å². The van der Waals surface area contributed by atoms with Gasteiger partial charge in [0.05, 0.1) is 5.39 Å². The van der Waals surface area contributed by atoms with Crippen molar-refractivity contribution in [2.24, 2.45) is 0 Å². The second-order valence-corrected chi connectivity index (χ2v) is 5.73. The zero-order valence-corrected chi connectivity index (χ0v) is 12.6. The number of nitrogens with two attached hydrogens (primary N) is 1. The highest BCUT2D eigenvalue weighted by Crippen LogP contribution is 2.23. The van der Waals surface area contributed by atoms with Crippen molar-refractivity contribution in [3.63, 3.8) is 0 Å². The van der Waals surface area contributed by atoms with Gasteiger partial charge in [0.1, 0.15) is 5.82 Å². The average molecular weight is 286 g/mol. The Balaban J connectivity index is 1.92. The van der Waals surface area contributed by atoms with Crippen molar-refractivity contribution in [3.05, 3.63) is 17.3 Å². The van der Waals surface area contributed by atoms with Crippen LogP contribution in [-0.4, -0.2) is 34.1 Å². The van der Waals surface area contributed by atoms with E-state index in [1.807, 2.05) is 19.9 Å². The molecule has 0 spiro atoms. The number of rotatable bonds is 2. The zero-order chi connectivity index (χ0) is 14.8. The van der Waals surface area contributed by atoms with Gasteiger partial charge in [-0.1, -0.05) is 0 Å². The summed E-state index contributed by atoms with van der Waals surface area (Å²) < 4.78 is 0. The standard InChI is InChI=1S/C15H22N6/c1-9-8-10(2)18-14-12(9)13(16)20-15(21-14)19-11-4-3-6-17-7-5-11/h8,11,17H,3-7H2,1-2H3,(H3,16,18,19,20,21). The van der Waals surface area contributed by atoms with Gasteiger partial charge in [0.25, 0.3) is 0 Å². The third-order valence-electron chi connectivity index (χ3n) is 3.93. The molecular weight excluding hydrogens is 264 g/mol. The highest BCUT2D eigenvalue weighted by Gasteiger charge is 2.15. The van der Waals surface area contributed by atoms with Crippen LogP contribution < -0.4 is 16.4 Å². The van der Waals surface area contributed by atoms with Crippen LogP contribution in [-0.2, 0) is 0 Å². The highest BCUT2D eigenvalue weighted by molar-refractivity contribution is 5.89. The van der Waals surface area contributed by atoms with Gasteiger partial charge in [0.15, 0.2) is 5.65 Å². The Morgan fingerprint density at radius 2 is 2.05 bits per heavy atom. The molecule has 0 radical (unpaired) electrons. The molecule has 1 fully saturated rings. The lowest BCUT2D eigenvalue weighted by Crippen LogP contribution is -2.23. The molecule has 1 atom stereocenters. The van der Waals surface area contributed by atoms with Crippen molar-refractivity contribution in [2.45, 2.75) is 39.2 Å². The molecule has 0 bridgehead atoms. The molecule has 21 heavy (non-hydrogen) atoms. The van der Waals surface area contributed by atoms with Gasteiger partial charge in [0.2, 0.25) is 5.95 Å². The lowest BCUT2D eigenvalue weighted by Gasteiger charge is -2.16. The van der Waals surface area contributed by atoms with Gasteiger partial charge in [-0.2, -0.15) is 9.97 Å². The molecule has 0 saturated carbocycles. The maximum absolute atomic E-state index is 6.10. The number of fused-ring (bicyclic) bond motifs is 1. The molecule has 1 aliphatic rings. The maximum atomic E-state index is 6.10. The fraction of sp³-hybridized carbons (Fsp3) is 0.533. The van der Waals surface area contributed by atoms with E-state index >= 15 is 0 Å². The SMILES string of the molecule is Cc1cc(C)c2c(N)nc(NC3CCCNCC3)nc2n1. The minimum Gasteiger partial charge on any atom is -0.383 e. The Kier molecular flexibility index (Phi) is 3.88. The summed E-state index contributed by atoms with van der Waals surface area (Å²) in [4.78, 5) is 13.4. The van der Waals surface area contributed by atoms with E-state index in [0.29, 0.717) is 23.5 Å². The number of aryl methyl sites for hydroxylation is 2. The van der Waals surface area contributed by atoms with Gasteiger partial charge in [0, 0.05) is 11.7 Å². The molecule has 1 aliphatic heterocycles. The van der Waals surface area contributed by atoms with E-state index < -0.39 is 0 Å². The van der Waals surface area contributed by atoms with Crippen LogP contribution in [0.5, 0.6) is 0 Å². The Morgan fingerprint density at radius 3 is 2.90 bits per heavy atom. The van der Waals surface area contributed by atoms with E-state index in [9.17, 15) is 0 Å². The number of hydrogen-bond acceptors (Lipinski definition) is 6. The molecule has 112 valence electrons. The normalized spacial score (nSPS) is 19.4. The van der Waals surface area contributed by atoms with Crippen molar-refractivity contribution in [3.8, 4) is 0 Å². The van der Waals surface area contributed by atoms with Crippen molar-refractivity contribution in [1.82, 2.24) is 20.3 Å². The summed E-state index contributed by atoms with van der Waals surface area (Å²) in [5.74, 6) is 1.09. The van der Waals surface area contributed by atoms with E-state index in [2.05, 4.69) is 25.6 Å². The predicted molar refractivity (Wildman–Crippen MR) is 85.4 cm³/mol. The van der Waals surface area contributed by atoms with Crippen LogP contribution in [0.1, 0.15) is 30.5 Å². The molecule has 1 unspecified atom stereocenters. The van der Waals surface area contributed by atoms with Crippen molar-refractivity contribution < 1.29 is 0 Å². The Bertz CT molecular complexity index is 646. The summed E-state index contributed by atoms with van der Waals surface area (Å²) >= 11 is 0. The van der Waals surface area contributed by atoms with Crippen LogP contribution in [0, 0.1) is 13.8 Å². The summed E-state index contributed by atoms with van der Waals surface area (Å²) in [7, 11) is 0. The van der Waals surface area contributed by atoms with E-state index in [1.54, 1.807) is 0 Å². The van der Waals surface area contributed by atoms with Gasteiger partial charge in [-0.15, -0.1) is 0 Å². The van der Waals surface area contributed by atoms with Gasteiger partial charge in [-0.05, 0) is 57.8 Å². The molecule has 1 saturated heterocycles. The van der Waals surface area contributed by atoms with Crippen molar-refractivity contribution in [2.75, 3.05) is 24.1 Å². The number of nitrogen functional groups attached to an aromatic ring is 1. The summed E-state index contributed by atoms with van der Waals surface area (Å²) in [5.41, 5.74) is 8.79. The fourth-order valence-corrected chi connectivity index (χ4v) is 2.92. The number of nitrogens with one attached hydrogen (secondary N) is 2. The molecule has 6 nitrogen and oxygen atoms in total. The maximum Gasteiger partial charge on any atom is 0.226 e. The number of nitrogens with zero attached hydrogens (tertiary/aromatic N) is 3. The van der Waals surface area contributed by atoms with Crippen LogP contribution in [0.4, 0.5) is 11.8 Å². The first-order valence-corrected chi connectivity index (χ1v) is 7.52. The minimum absolute atomic E-state index is 0.391. The Morgan fingerprint density at radius 1 is 1.19 bits per heavy atom. The quantitative estimate of drug-likeness (QED) is 0.780. The van der Waals surface area contributed by atoms with Crippen molar-refractivity contribution >= 4 is 22.8 Å². The molecule has 6 heteroatoms. The molecular formula is C15H22N6. The zero-order valence-electron chi connectivity index (χ0n) is 12.6. The summed E-state index contributed by atoms with van der Waals surface area (Å²) in [5, 5.41) is 7.67. The topological polar surface area (TPSA) is 88.8 Å². The Hall–Kier alpha value is -1.95. The van der Waals surface area contributed by atoms with Gasteiger partial charge >= 0.3 is 0 Å². The molecule has 3 heterocycles. The van der Waals surface area contributed by atoms with Crippen molar-refractivity contribution in [1.29, 1.82) is 0 Å². The molecule has 0 aromatic carbocycles. The first-order valence-electron chi connectivity index (χ1n) is 7.52. The van der Waals surface area contributed by atoms with Gasteiger partial charge in [-0.25, -0.2) is 4.98 Å². The molecule has 0 aliphatic carbocycles. The average Bonchev–Trinajstić information content (AvgIpc) is 2.65. The van der Waals surface area contributed by atoms with E-state index in [1.165, 1.54) is 0 Å². The minimum atomic E-state index is 0.391. The molecule has 2 aromatic heterocycles. The van der Waals surface area contributed by atoms with Crippen LogP contribution in [0.25, 0.3) is 11.0 Å². The smallest absolute Gasteiger partial charge is 0.226 e. The highest BCUT2D eigenvalue weighted by atomic mass is 15.2. The first kappa shape index (κ1) is 14.0. The summed E-state index contributed by atoms with van der Waals surface area (Å²) in [6.45, 7) is 6.09. The number of anilines is 2. The molecule has 0 amide bonds. The van der Waals surface area contributed by atoms with Crippen LogP contribution in [0.15, 0.2) is 6.07 Å². The second-order valence-electron chi connectivity index (χ2n) is 5.73. The lowest BCUT2D eigenvalue weighted by atomic mass is 10.1. The largest absolute Gasteiger partial charge is 0.383 e. The van der Waals surface area contributed by atoms with E-state index in [-0.39, 0.29) is 0 Å². The third-order valence-corrected chi connectivity index (χ3v) is 3.93. The lowest BCUT2D eigenvalue weighted by molar-refractivity contribution is 0.632. The summed E-state index contributed by atoms with van der Waals surface area (Å²) in [6, 6.07) is 2.40. The summed E-state index contributed by atoms with van der Waals surface area (Å²) in [6.07, 6.45) is 3.35. The molecule has 2 aromatic rings. The monoisotopic (exact) mass is 286 g/mol. The first-order chi connectivity index (χ1) is 10.1. The molecule has 4 N–H and O–H groups in total. The number of hydrogen-bond donors (Lipinski definition) is 3. The Labute approximate surface area is 124 Å². The van der Waals surface area contributed by atoms with Crippen LogP contribution in [0.2, 0.25) is 0 Å². The predicted octanol–water partition coefficient (Wildman–Crippen LogP) is 1.78. The number of aromatic nitrogens is 3.